The molecule has 0 bridgehead atoms. The summed E-state index contributed by atoms with van der Waals surface area (Å²) in [5, 5.41) is 7.07. The highest BCUT2D eigenvalue weighted by Gasteiger charge is 2.14. The molecular weight excluding hydrogens is 268 g/mol. The van der Waals surface area contributed by atoms with Crippen molar-refractivity contribution in [2.75, 3.05) is 18.5 Å². The number of benzene rings is 1. The second-order valence-electron chi connectivity index (χ2n) is 5.38. The zero-order chi connectivity index (χ0) is 14.2. The molecule has 3 nitrogen and oxygen atoms in total. The van der Waals surface area contributed by atoms with E-state index in [1.165, 1.54) is 31.2 Å². The quantitative estimate of drug-likeness (QED) is 0.619. The lowest BCUT2D eigenvalue weighted by Gasteiger charge is -2.13. The smallest absolute Gasteiger partial charge is 0.170 e. The van der Waals surface area contributed by atoms with Crippen LogP contribution in [0, 0.1) is 6.92 Å². The molecule has 2 N–H and O–H groups in total. The molecule has 0 aliphatic heterocycles. The predicted octanol–water partition coefficient (Wildman–Crippen LogP) is 3.63. The first-order chi connectivity index (χ1) is 9.74. The van der Waals surface area contributed by atoms with Crippen LogP contribution in [0.1, 0.15) is 37.7 Å². The van der Waals surface area contributed by atoms with Gasteiger partial charge in [0.15, 0.2) is 5.11 Å². The van der Waals surface area contributed by atoms with Crippen molar-refractivity contribution < 1.29 is 4.74 Å². The molecule has 0 spiro atoms. The fraction of sp³-hybridized carbons (Fsp3) is 0.562. The lowest BCUT2D eigenvalue weighted by Crippen LogP contribution is -2.30. The van der Waals surface area contributed by atoms with Crippen molar-refractivity contribution in [2.45, 2.75) is 45.1 Å². The van der Waals surface area contributed by atoms with Gasteiger partial charge in [0.05, 0.1) is 6.10 Å². The molecule has 1 aliphatic rings. The summed E-state index contributed by atoms with van der Waals surface area (Å²) >= 11 is 5.26. The van der Waals surface area contributed by atoms with Crippen molar-refractivity contribution in [1.82, 2.24) is 5.32 Å². The van der Waals surface area contributed by atoms with E-state index in [-0.39, 0.29) is 0 Å². The van der Waals surface area contributed by atoms with E-state index < -0.39 is 0 Å². The fourth-order valence-corrected chi connectivity index (χ4v) is 2.61. The third-order valence-electron chi connectivity index (χ3n) is 3.57. The van der Waals surface area contributed by atoms with E-state index in [1.807, 2.05) is 12.1 Å². The molecule has 1 aromatic carbocycles. The molecule has 20 heavy (non-hydrogen) atoms. The van der Waals surface area contributed by atoms with Crippen LogP contribution in [0.25, 0.3) is 0 Å². The van der Waals surface area contributed by atoms with Crippen molar-refractivity contribution in [3.8, 4) is 0 Å². The van der Waals surface area contributed by atoms with Crippen molar-refractivity contribution in [3.63, 3.8) is 0 Å². The average molecular weight is 292 g/mol. The highest BCUT2D eigenvalue weighted by atomic mass is 32.1. The standard InChI is InChI=1S/C16H24N2OS/c1-13-7-9-14(10-8-13)18-16(20)17-11-4-12-19-15-5-2-3-6-15/h7-10,15H,2-6,11-12H2,1H3,(H2,17,18,20). The van der Waals surface area contributed by atoms with E-state index in [2.05, 4.69) is 29.7 Å². The average Bonchev–Trinajstić information content (AvgIpc) is 2.94. The summed E-state index contributed by atoms with van der Waals surface area (Å²) in [7, 11) is 0. The molecule has 2 rings (SSSR count). The van der Waals surface area contributed by atoms with Crippen molar-refractivity contribution in [1.29, 1.82) is 0 Å². The Kier molecular flexibility index (Phi) is 6.27. The molecule has 1 aliphatic carbocycles. The van der Waals surface area contributed by atoms with Gasteiger partial charge >= 0.3 is 0 Å². The summed E-state index contributed by atoms with van der Waals surface area (Å²) in [6.07, 6.45) is 6.63. The van der Waals surface area contributed by atoms with Gasteiger partial charge in [-0.2, -0.15) is 0 Å². The topological polar surface area (TPSA) is 33.3 Å². The summed E-state index contributed by atoms with van der Waals surface area (Å²) in [4.78, 5) is 0. The minimum Gasteiger partial charge on any atom is -0.378 e. The number of anilines is 1. The summed E-state index contributed by atoms with van der Waals surface area (Å²) in [5.41, 5.74) is 2.27. The third kappa shape index (κ3) is 5.47. The normalized spacial score (nSPS) is 15.2. The zero-order valence-corrected chi connectivity index (χ0v) is 13.0. The van der Waals surface area contributed by atoms with Gasteiger partial charge in [-0.3, -0.25) is 0 Å². The van der Waals surface area contributed by atoms with Crippen LogP contribution in [0.3, 0.4) is 0 Å². The highest BCUT2D eigenvalue weighted by molar-refractivity contribution is 7.80. The third-order valence-corrected chi connectivity index (χ3v) is 3.82. The van der Waals surface area contributed by atoms with Crippen LogP contribution >= 0.6 is 12.2 Å². The molecule has 1 fully saturated rings. The van der Waals surface area contributed by atoms with Crippen LogP contribution < -0.4 is 10.6 Å². The van der Waals surface area contributed by atoms with Gasteiger partial charge in [-0.05, 0) is 50.5 Å². The Hall–Kier alpha value is -1.13. The van der Waals surface area contributed by atoms with Gasteiger partial charge in [-0.15, -0.1) is 0 Å². The van der Waals surface area contributed by atoms with Gasteiger partial charge < -0.3 is 15.4 Å². The van der Waals surface area contributed by atoms with E-state index in [4.69, 9.17) is 17.0 Å². The molecule has 0 aromatic heterocycles. The first-order valence-electron chi connectivity index (χ1n) is 7.47. The molecule has 1 saturated carbocycles. The second kappa shape index (κ2) is 8.22. The molecule has 0 amide bonds. The lowest BCUT2D eigenvalue weighted by atomic mass is 10.2. The van der Waals surface area contributed by atoms with Gasteiger partial charge in [0.2, 0.25) is 0 Å². The van der Waals surface area contributed by atoms with Crippen LogP contribution in [0.5, 0.6) is 0 Å². The Bertz CT molecular complexity index is 413. The Morgan fingerprint density at radius 3 is 2.65 bits per heavy atom. The van der Waals surface area contributed by atoms with Crippen molar-refractivity contribution in [3.05, 3.63) is 29.8 Å². The van der Waals surface area contributed by atoms with Crippen molar-refractivity contribution >= 4 is 23.0 Å². The Morgan fingerprint density at radius 2 is 1.95 bits per heavy atom. The van der Waals surface area contributed by atoms with Gasteiger partial charge in [0.25, 0.3) is 0 Å². The number of hydrogen-bond acceptors (Lipinski definition) is 2. The van der Waals surface area contributed by atoms with Gasteiger partial charge in [0.1, 0.15) is 0 Å². The Morgan fingerprint density at radius 1 is 1.25 bits per heavy atom. The minimum atomic E-state index is 0.507. The maximum Gasteiger partial charge on any atom is 0.170 e. The Labute approximate surface area is 127 Å². The van der Waals surface area contributed by atoms with Gasteiger partial charge in [-0.1, -0.05) is 30.5 Å². The first-order valence-corrected chi connectivity index (χ1v) is 7.88. The van der Waals surface area contributed by atoms with Crippen LogP contribution in [-0.2, 0) is 4.74 Å². The molecular formula is C16H24N2OS. The van der Waals surface area contributed by atoms with E-state index in [0.717, 1.165) is 25.3 Å². The first kappa shape index (κ1) is 15.3. The predicted molar refractivity (Wildman–Crippen MR) is 88.2 cm³/mol. The molecule has 0 atom stereocenters. The van der Waals surface area contributed by atoms with Gasteiger partial charge in [0, 0.05) is 18.8 Å². The monoisotopic (exact) mass is 292 g/mol. The number of rotatable bonds is 6. The number of nitrogens with one attached hydrogen (secondary N) is 2. The molecule has 0 radical (unpaired) electrons. The van der Waals surface area contributed by atoms with E-state index in [9.17, 15) is 0 Å². The number of thiocarbonyl (C=S) groups is 1. The van der Waals surface area contributed by atoms with E-state index in [1.54, 1.807) is 0 Å². The summed E-state index contributed by atoms with van der Waals surface area (Å²) in [6, 6.07) is 8.21. The van der Waals surface area contributed by atoms with Crippen LogP contribution in [0.15, 0.2) is 24.3 Å². The number of hydrogen-bond donors (Lipinski definition) is 2. The second-order valence-corrected chi connectivity index (χ2v) is 5.79. The number of ether oxygens (including phenoxy) is 1. The summed E-state index contributed by atoms with van der Waals surface area (Å²) in [6.45, 7) is 3.75. The SMILES string of the molecule is Cc1ccc(NC(=S)NCCCOC2CCCC2)cc1. The molecule has 0 heterocycles. The fourth-order valence-electron chi connectivity index (χ4n) is 2.39. The maximum absolute atomic E-state index is 5.81. The molecule has 4 heteroatoms. The largest absolute Gasteiger partial charge is 0.378 e. The summed E-state index contributed by atoms with van der Waals surface area (Å²) in [5.74, 6) is 0. The number of aryl methyl sites for hydroxylation is 1. The lowest BCUT2D eigenvalue weighted by molar-refractivity contribution is 0.0574. The maximum atomic E-state index is 5.81. The highest BCUT2D eigenvalue weighted by Crippen LogP contribution is 2.20. The molecule has 0 saturated heterocycles. The molecule has 110 valence electrons. The van der Waals surface area contributed by atoms with Crippen LogP contribution in [0.4, 0.5) is 5.69 Å². The minimum absolute atomic E-state index is 0.507. The van der Waals surface area contributed by atoms with Crippen LogP contribution in [0.2, 0.25) is 0 Å². The van der Waals surface area contributed by atoms with E-state index >= 15 is 0 Å². The van der Waals surface area contributed by atoms with E-state index in [0.29, 0.717) is 11.2 Å². The van der Waals surface area contributed by atoms with Crippen LogP contribution in [-0.4, -0.2) is 24.4 Å². The summed E-state index contributed by atoms with van der Waals surface area (Å²) < 4.78 is 5.81. The molecule has 0 unspecified atom stereocenters. The zero-order valence-electron chi connectivity index (χ0n) is 12.2. The Balaban J connectivity index is 1.54. The van der Waals surface area contributed by atoms with Gasteiger partial charge in [-0.25, -0.2) is 0 Å². The molecule has 1 aromatic rings. The van der Waals surface area contributed by atoms with Crippen molar-refractivity contribution in [2.24, 2.45) is 0 Å².